The Morgan fingerprint density at radius 2 is 1.93 bits per heavy atom. The van der Waals surface area contributed by atoms with Crippen LogP contribution in [0.3, 0.4) is 0 Å². The van der Waals surface area contributed by atoms with Gasteiger partial charge in [-0.2, -0.15) is 0 Å². The molecule has 0 aliphatic carbocycles. The average molecular weight is 427 g/mol. The topological polar surface area (TPSA) is 54.1 Å². The van der Waals surface area contributed by atoms with Crippen LogP contribution < -0.4 is 5.32 Å². The molecular weight excluding hydrogens is 404 g/mol. The molecule has 3 aromatic rings. The lowest BCUT2D eigenvalue weighted by Gasteiger charge is -2.38. The van der Waals surface area contributed by atoms with Gasteiger partial charge in [0.1, 0.15) is 5.69 Å². The first-order chi connectivity index (χ1) is 13.0. The highest BCUT2D eigenvalue weighted by molar-refractivity contribution is 9.10. The van der Waals surface area contributed by atoms with Crippen molar-refractivity contribution in [1.82, 2.24) is 10.3 Å². The first-order valence-electron chi connectivity index (χ1n) is 9.23. The van der Waals surface area contributed by atoms with Crippen molar-refractivity contribution in [3.05, 3.63) is 69.3 Å². The Labute approximate surface area is 167 Å². The van der Waals surface area contributed by atoms with E-state index in [1.54, 1.807) is 0 Å². The number of carbonyl (C=O) groups is 1. The van der Waals surface area contributed by atoms with Gasteiger partial charge >= 0.3 is 0 Å². The van der Waals surface area contributed by atoms with Crippen LogP contribution >= 0.6 is 15.9 Å². The molecule has 1 amide bonds. The first-order valence-corrected chi connectivity index (χ1v) is 10.0. The van der Waals surface area contributed by atoms with E-state index in [2.05, 4.69) is 64.3 Å². The molecule has 1 aromatic heterocycles. The molecule has 27 heavy (non-hydrogen) atoms. The lowest BCUT2D eigenvalue weighted by atomic mass is 9.82. The van der Waals surface area contributed by atoms with E-state index in [1.807, 2.05) is 18.2 Å². The van der Waals surface area contributed by atoms with E-state index in [9.17, 15) is 4.79 Å². The van der Waals surface area contributed by atoms with Crippen molar-refractivity contribution in [2.45, 2.75) is 32.2 Å². The summed E-state index contributed by atoms with van der Waals surface area (Å²) in [5, 5.41) is 4.41. The van der Waals surface area contributed by atoms with Crippen LogP contribution in [0.15, 0.2) is 46.9 Å². The zero-order valence-corrected chi connectivity index (χ0v) is 17.2. The van der Waals surface area contributed by atoms with E-state index in [0.29, 0.717) is 18.9 Å². The molecule has 2 heterocycles. The highest BCUT2D eigenvalue weighted by Crippen LogP contribution is 2.34. The smallest absolute Gasteiger partial charge is 0.268 e. The predicted octanol–water partition coefficient (Wildman–Crippen LogP) is 4.98. The minimum atomic E-state index is -0.415. The summed E-state index contributed by atoms with van der Waals surface area (Å²) in [6.07, 6.45) is 1.51. The molecule has 0 spiro atoms. The average Bonchev–Trinajstić information content (AvgIpc) is 3.07. The number of aromatic amines is 1. The second-order valence-electron chi connectivity index (χ2n) is 7.39. The van der Waals surface area contributed by atoms with Crippen molar-refractivity contribution in [3.63, 3.8) is 0 Å². The number of aromatic nitrogens is 1. The molecule has 0 unspecified atom stereocenters. The van der Waals surface area contributed by atoms with Crippen molar-refractivity contribution >= 4 is 32.7 Å². The molecule has 0 radical (unpaired) electrons. The highest BCUT2D eigenvalue weighted by atomic mass is 79.9. The van der Waals surface area contributed by atoms with Crippen LogP contribution in [0, 0.1) is 13.8 Å². The number of halogens is 1. The number of nitrogens with one attached hydrogen (secondary N) is 2. The van der Waals surface area contributed by atoms with Crippen LogP contribution in [-0.4, -0.2) is 24.1 Å². The highest BCUT2D eigenvalue weighted by Gasteiger charge is 2.36. The van der Waals surface area contributed by atoms with Crippen LogP contribution in [0.2, 0.25) is 0 Å². The third kappa shape index (κ3) is 3.54. The van der Waals surface area contributed by atoms with Gasteiger partial charge in [0, 0.05) is 28.6 Å². The lowest BCUT2D eigenvalue weighted by molar-refractivity contribution is 0.0344. The van der Waals surface area contributed by atoms with Gasteiger partial charge in [0.25, 0.3) is 5.91 Å². The van der Waals surface area contributed by atoms with Crippen LogP contribution in [0.4, 0.5) is 0 Å². The summed E-state index contributed by atoms with van der Waals surface area (Å²) in [4.78, 5) is 16.4. The van der Waals surface area contributed by atoms with Crippen molar-refractivity contribution < 1.29 is 9.53 Å². The Kier molecular flexibility index (Phi) is 4.82. The fraction of sp³-hybridized carbons (Fsp3) is 0.318. The Bertz CT molecular complexity index is 1000. The predicted molar refractivity (Wildman–Crippen MR) is 111 cm³/mol. The summed E-state index contributed by atoms with van der Waals surface area (Å²) in [6, 6.07) is 14.3. The van der Waals surface area contributed by atoms with E-state index in [4.69, 9.17) is 4.74 Å². The van der Waals surface area contributed by atoms with E-state index < -0.39 is 5.54 Å². The first kappa shape index (κ1) is 18.3. The van der Waals surface area contributed by atoms with E-state index >= 15 is 0 Å². The Morgan fingerprint density at radius 1 is 1.15 bits per heavy atom. The van der Waals surface area contributed by atoms with Gasteiger partial charge in [-0.15, -0.1) is 0 Å². The van der Waals surface area contributed by atoms with Gasteiger partial charge in [-0.25, -0.2) is 0 Å². The summed E-state index contributed by atoms with van der Waals surface area (Å²) in [7, 11) is 0. The third-order valence-electron chi connectivity index (χ3n) is 5.41. The molecule has 2 aromatic carbocycles. The van der Waals surface area contributed by atoms with Gasteiger partial charge in [0.05, 0.1) is 5.54 Å². The normalized spacial score (nSPS) is 16.4. The van der Waals surface area contributed by atoms with E-state index in [0.717, 1.165) is 33.8 Å². The molecular formula is C22H23BrN2O2. The molecule has 5 heteroatoms. The van der Waals surface area contributed by atoms with Gasteiger partial charge in [-0.1, -0.05) is 34.1 Å². The SMILES string of the molecule is Cc1cc(C)c2cc(C(=O)NC3(c4cccc(Br)c4)CCOCC3)[nH]c2c1. The third-order valence-corrected chi connectivity index (χ3v) is 5.90. The number of aryl methyl sites for hydroxylation is 2. The maximum Gasteiger partial charge on any atom is 0.268 e. The number of amides is 1. The Balaban J connectivity index is 1.69. The summed E-state index contributed by atoms with van der Waals surface area (Å²) >= 11 is 3.55. The van der Waals surface area contributed by atoms with Crippen molar-refractivity contribution in [2.75, 3.05) is 13.2 Å². The molecule has 4 rings (SSSR count). The number of fused-ring (bicyclic) bond motifs is 1. The molecule has 0 bridgehead atoms. The number of benzene rings is 2. The van der Waals surface area contributed by atoms with E-state index in [-0.39, 0.29) is 5.91 Å². The molecule has 140 valence electrons. The maximum atomic E-state index is 13.1. The minimum Gasteiger partial charge on any atom is -0.381 e. The number of hydrogen-bond acceptors (Lipinski definition) is 2. The van der Waals surface area contributed by atoms with Gasteiger partial charge in [-0.3, -0.25) is 4.79 Å². The molecule has 1 saturated heterocycles. The quantitative estimate of drug-likeness (QED) is 0.619. The van der Waals surface area contributed by atoms with Crippen LogP contribution in [0.1, 0.15) is 40.0 Å². The van der Waals surface area contributed by atoms with E-state index in [1.165, 1.54) is 11.1 Å². The maximum absolute atomic E-state index is 13.1. The largest absolute Gasteiger partial charge is 0.381 e. The second-order valence-corrected chi connectivity index (χ2v) is 8.30. The monoisotopic (exact) mass is 426 g/mol. The van der Waals surface area contributed by atoms with Crippen LogP contribution in [0.5, 0.6) is 0 Å². The van der Waals surface area contributed by atoms with Crippen LogP contribution in [-0.2, 0) is 10.3 Å². The molecule has 0 saturated carbocycles. The van der Waals surface area contributed by atoms with Gasteiger partial charge in [-0.05, 0) is 67.6 Å². The fourth-order valence-corrected chi connectivity index (χ4v) is 4.40. The van der Waals surface area contributed by atoms with Crippen molar-refractivity contribution in [2.24, 2.45) is 0 Å². The molecule has 2 N–H and O–H groups in total. The Morgan fingerprint density at radius 3 is 2.67 bits per heavy atom. The van der Waals surface area contributed by atoms with Crippen molar-refractivity contribution in [3.8, 4) is 0 Å². The van der Waals surface area contributed by atoms with Crippen LogP contribution in [0.25, 0.3) is 10.9 Å². The lowest BCUT2D eigenvalue weighted by Crippen LogP contribution is -2.49. The zero-order valence-electron chi connectivity index (χ0n) is 15.6. The molecule has 1 aliphatic rings. The molecule has 4 nitrogen and oxygen atoms in total. The number of rotatable bonds is 3. The number of hydrogen-bond donors (Lipinski definition) is 2. The van der Waals surface area contributed by atoms with Gasteiger partial charge < -0.3 is 15.0 Å². The van der Waals surface area contributed by atoms with Crippen molar-refractivity contribution in [1.29, 1.82) is 0 Å². The standard InChI is InChI=1S/C22H23BrN2O2/c1-14-10-15(2)18-13-20(24-19(18)11-14)21(26)25-22(6-8-27-9-7-22)16-4-3-5-17(23)12-16/h3-5,10-13,24H,6-9H2,1-2H3,(H,25,26). The second kappa shape index (κ2) is 7.13. The summed E-state index contributed by atoms with van der Waals surface area (Å²) in [5.41, 5.74) is 4.65. The molecule has 0 atom stereocenters. The number of carbonyl (C=O) groups excluding carboxylic acids is 1. The van der Waals surface area contributed by atoms with Gasteiger partial charge in [0.15, 0.2) is 0 Å². The number of ether oxygens (including phenoxy) is 1. The summed E-state index contributed by atoms with van der Waals surface area (Å²) in [5.74, 6) is -0.0786. The summed E-state index contributed by atoms with van der Waals surface area (Å²) < 4.78 is 6.58. The molecule has 1 fully saturated rings. The fourth-order valence-electron chi connectivity index (χ4n) is 4.00. The van der Waals surface area contributed by atoms with Gasteiger partial charge in [0.2, 0.25) is 0 Å². The summed E-state index contributed by atoms with van der Waals surface area (Å²) in [6.45, 7) is 5.42. The Hall–Kier alpha value is -2.11. The molecule has 1 aliphatic heterocycles. The zero-order chi connectivity index (χ0) is 19.0. The number of H-pyrrole nitrogens is 1. The minimum absolute atomic E-state index is 0.0786.